The second kappa shape index (κ2) is 6.20. The molecule has 0 aromatic heterocycles. The van der Waals surface area contributed by atoms with E-state index in [4.69, 9.17) is 0 Å². The van der Waals surface area contributed by atoms with Crippen LogP contribution in [-0.4, -0.2) is 41.6 Å². The Bertz CT molecular complexity index is 622. The smallest absolute Gasteiger partial charge is 0.262 e. The van der Waals surface area contributed by atoms with Crippen molar-refractivity contribution in [2.45, 2.75) is 18.9 Å². The fourth-order valence-corrected chi connectivity index (χ4v) is 3.26. The number of nitrogens with zero attached hydrogens (tertiary/aromatic N) is 2. The molecule has 3 aliphatic heterocycles. The van der Waals surface area contributed by atoms with Crippen LogP contribution in [0.2, 0.25) is 0 Å². The zero-order valence-corrected chi connectivity index (χ0v) is 12.3. The van der Waals surface area contributed by atoms with Crippen molar-refractivity contribution in [2.24, 2.45) is 5.92 Å². The van der Waals surface area contributed by atoms with Crippen molar-refractivity contribution >= 4 is 12.0 Å². The summed E-state index contributed by atoms with van der Waals surface area (Å²) in [4.78, 5) is 14.7. The molecular weight excluding hydrogens is 278 g/mol. The van der Waals surface area contributed by atoms with Gasteiger partial charge >= 0.3 is 0 Å². The molecule has 1 atom stereocenters. The first-order valence-electron chi connectivity index (χ1n) is 7.60. The summed E-state index contributed by atoms with van der Waals surface area (Å²) in [5.74, 6) is 0.379. The number of phenols is 1. The van der Waals surface area contributed by atoms with E-state index in [0.29, 0.717) is 5.92 Å². The minimum absolute atomic E-state index is 0.0992. The molecule has 2 bridgehead atoms. The van der Waals surface area contributed by atoms with E-state index in [1.165, 1.54) is 12.1 Å². The number of carbonyl (C=O) groups excluding carboxylic acids is 1. The van der Waals surface area contributed by atoms with Crippen LogP contribution in [0.5, 0.6) is 5.75 Å². The van der Waals surface area contributed by atoms with Crippen molar-refractivity contribution < 1.29 is 9.90 Å². The van der Waals surface area contributed by atoms with Gasteiger partial charge in [0.2, 0.25) is 0 Å². The Labute approximate surface area is 129 Å². The Morgan fingerprint density at radius 1 is 1.32 bits per heavy atom. The first kappa shape index (κ1) is 14.6. The van der Waals surface area contributed by atoms with Crippen molar-refractivity contribution in [2.75, 3.05) is 19.6 Å². The quantitative estimate of drug-likeness (QED) is 0.655. The van der Waals surface area contributed by atoms with Crippen LogP contribution in [0, 0.1) is 17.2 Å². The van der Waals surface area contributed by atoms with Crippen molar-refractivity contribution in [3.63, 3.8) is 0 Å². The molecule has 3 fully saturated rings. The fraction of sp³-hybridized carbons (Fsp3) is 0.412. The number of aromatic hydroxyl groups is 1. The lowest BCUT2D eigenvalue weighted by atomic mass is 9.84. The molecule has 0 spiro atoms. The summed E-state index contributed by atoms with van der Waals surface area (Å²) in [5.41, 5.74) is 0.820. The first-order chi connectivity index (χ1) is 10.7. The maximum atomic E-state index is 12.3. The van der Waals surface area contributed by atoms with E-state index in [1.54, 1.807) is 18.2 Å². The van der Waals surface area contributed by atoms with Gasteiger partial charge in [0, 0.05) is 12.6 Å². The van der Waals surface area contributed by atoms with Gasteiger partial charge in [0.15, 0.2) is 0 Å². The van der Waals surface area contributed by atoms with Crippen LogP contribution in [0.25, 0.3) is 6.08 Å². The highest BCUT2D eigenvalue weighted by molar-refractivity contribution is 6.01. The molecule has 3 heterocycles. The third-order valence-corrected chi connectivity index (χ3v) is 4.54. The highest BCUT2D eigenvalue weighted by Crippen LogP contribution is 2.27. The number of fused-ring (bicyclic) bond motifs is 3. The van der Waals surface area contributed by atoms with Crippen LogP contribution >= 0.6 is 0 Å². The number of amides is 1. The second-order valence-corrected chi connectivity index (χ2v) is 5.98. The van der Waals surface area contributed by atoms with Gasteiger partial charge in [0.1, 0.15) is 17.4 Å². The van der Waals surface area contributed by atoms with Gasteiger partial charge < -0.3 is 15.3 Å². The Morgan fingerprint density at radius 3 is 2.55 bits per heavy atom. The number of hydrogen-bond acceptors (Lipinski definition) is 4. The molecule has 3 saturated heterocycles. The van der Waals surface area contributed by atoms with E-state index in [-0.39, 0.29) is 23.3 Å². The van der Waals surface area contributed by atoms with Crippen molar-refractivity contribution in [1.29, 1.82) is 5.26 Å². The lowest BCUT2D eigenvalue weighted by Gasteiger charge is -2.44. The summed E-state index contributed by atoms with van der Waals surface area (Å²) >= 11 is 0. The van der Waals surface area contributed by atoms with Gasteiger partial charge in [0.05, 0.1) is 0 Å². The van der Waals surface area contributed by atoms with Gasteiger partial charge in [-0.05, 0) is 55.6 Å². The number of hydrogen-bond donors (Lipinski definition) is 2. The SMILES string of the molecule is N#CC(=Cc1ccc(O)cc1)C(=O)NC1CN2CCC1CC2. The maximum Gasteiger partial charge on any atom is 0.262 e. The molecule has 4 rings (SSSR count). The highest BCUT2D eigenvalue weighted by atomic mass is 16.3. The van der Waals surface area contributed by atoms with Crippen LogP contribution < -0.4 is 5.32 Å². The molecule has 0 saturated carbocycles. The van der Waals surface area contributed by atoms with Gasteiger partial charge in [-0.3, -0.25) is 4.79 Å². The molecule has 22 heavy (non-hydrogen) atoms. The second-order valence-electron chi connectivity index (χ2n) is 5.98. The summed E-state index contributed by atoms with van der Waals surface area (Å²) in [5, 5.41) is 21.5. The summed E-state index contributed by atoms with van der Waals surface area (Å²) in [6.45, 7) is 3.12. The number of rotatable bonds is 3. The molecule has 114 valence electrons. The zero-order chi connectivity index (χ0) is 15.5. The normalized spacial score (nSPS) is 27.2. The summed E-state index contributed by atoms with van der Waals surface area (Å²) in [6.07, 6.45) is 3.79. The average Bonchev–Trinajstić information content (AvgIpc) is 2.55. The van der Waals surface area contributed by atoms with Crippen LogP contribution in [-0.2, 0) is 4.79 Å². The van der Waals surface area contributed by atoms with Gasteiger partial charge in [-0.1, -0.05) is 12.1 Å². The summed E-state index contributed by atoms with van der Waals surface area (Å²) in [7, 11) is 0. The molecule has 5 heteroatoms. The number of phenolic OH excluding ortho intramolecular Hbond substituents is 1. The number of benzene rings is 1. The zero-order valence-electron chi connectivity index (χ0n) is 12.3. The molecule has 3 aliphatic rings. The number of piperidine rings is 3. The molecule has 1 aromatic rings. The van der Waals surface area contributed by atoms with E-state index >= 15 is 0 Å². The van der Waals surface area contributed by atoms with E-state index in [2.05, 4.69) is 10.2 Å². The van der Waals surface area contributed by atoms with Crippen molar-refractivity contribution in [1.82, 2.24) is 10.2 Å². The van der Waals surface area contributed by atoms with Crippen molar-refractivity contribution in [3.05, 3.63) is 35.4 Å². The third-order valence-electron chi connectivity index (χ3n) is 4.54. The predicted molar refractivity (Wildman–Crippen MR) is 82.8 cm³/mol. The number of nitrogens with one attached hydrogen (secondary N) is 1. The van der Waals surface area contributed by atoms with Gasteiger partial charge in [-0.2, -0.15) is 5.26 Å². The van der Waals surface area contributed by atoms with Gasteiger partial charge in [0.25, 0.3) is 5.91 Å². The monoisotopic (exact) mass is 297 g/mol. The Morgan fingerprint density at radius 2 is 2.00 bits per heavy atom. The Balaban J connectivity index is 1.69. The Hall–Kier alpha value is -2.32. The van der Waals surface area contributed by atoms with Crippen molar-refractivity contribution in [3.8, 4) is 11.8 Å². The highest BCUT2D eigenvalue weighted by Gasteiger charge is 2.35. The van der Waals surface area contributed by atoms with E-state index in [9.17, 15) is 15.2 Å². The molecule has 5 nitrogen and oxygen atoms in total. The number of carbonyl (C=O) groups is 1. The van der Waals surface area contributed by atoms with Gasteiger partial charge in [-0.25, -0.2) is 0 Å². The van der Waals surface area contributed by atoms with Crippen LogP contribution in [0.15, 0.2) is 29.8 Å². The summed E-state index contributed by atoms with van der Waals surface area (Å²) in [6, 6.07) is 8.53. The molecule has 0 radical (unpaired) electrons. The number of nitriles is 1. The van der Waals surface area contributed by atoms with Crippen LogP contribution in [0.1, 0.15) is 18.4 Å². The molecule has 1 aromatic carbocycles. The molecular formula is C17H19N3O2. The summed E-state index contributed by atoms with van der Waals surface area (Å²) < 4.78 is 0. The Kier molecular flexibility index (Phi) is 4.12. The maximum absolute atomic E-state index is 12.3. The minimum Gasteiger partial charge on any atom is -0.508 e. The van der Waals surface area contributed by atoms with Crippen LogP contribution in [0.3, 0.4) is 0 Å². The van der Waals surface area contributed by atoms with Gasteiger partial charge in [-0.15, -0.1) is 0 Å². The largest absolute Gasteiger partial charge is 0.508 e. The third kappa shape index (κ3) is 3.12. The lowest BCUT2D eigenvalue weighted by molar-refractivity contribution is -0.119. The topological polar surface area (TPSA) is 76.4 Å². The molecule has 0 aliphatic carbocycles. The molecule has 2 N–H and O–H groups in total. The van der Waals surface area contributed by atoms with E-state index < -0.39 is 0 Å². The van der Waals surface area contributed by atoms with E-state index in [0.717, 1.165) is 38.0 Å². The predicted octanol–water partition coefficient (Wildman–Crippen LogP) is 1.51. The minimum atomic E-state index is -0.311. The lowest BCUT2D eigenvalue weighted by Crippen LogP contribution is -2.57. The first-order valence-corrected chi connectivity index (χ1v) is 7.60. The molecule has 1 unspecified atom stereocenters. The fourth-order valence-electron chi connectivity index (χ4n) is 3.26. The van der Waals surface area contributed by atoms with Crippen LogP contribution in [0.4, 0.5) is 0 Å². The molecule has 1 amide bonds. The van der Waals surface area contributed by atoms with E-state index in [1.807, 2.05) is 6.07 Å². The average molecular weight is 297 g/mol. The standard InChI is InChI=1S/C17H19N3O2/c18-10-14(9-12-1-3-15(21)4-2-12)17(22)19-16-11-20-7-5-13(16)6-8-20/h1-4,9,13,16,21H,5-8,11H2,(H,19,22).